The molecule has 3 atom stereocenters. The SMILES string of the molecule is Cc1cc2c(c([C@@H](C(=O)O)N3CC[C@@H](OCCCCc4ccc5c(n4)NCCC5)C3)c1)CC(C)OC2. The van der Waals surface area contributed by atoms with Gasteiger partial charge in [-0.2, -0.15) is 0 Å². The average molecular weight is 494 g/mol. The third kappa shape index (κ3) is 5.74. The van der Waals surface area contributed by atoms with Gasteiger partial charge in [-0.05, 0) is 87.1 Å². The number of pyridine rings is 1. The van der Waals surface area contributed by atoms with E-state index in [1.54, 1.807) is 0 Å². The van der Waals surface area contributed by atoms with Gasteiger partial charge in [0.2, 0.25) is 0 Å². The van der Waals surface area contributed by atoms with Gasteiger partial charge in [-0.25, -0.2) is 4.98 Å². The normalized spacial score (nSPS) is 22.5. The van der Waals surface area contributed by atoms with E-state index in [-0.39, 0.29) is 12.2 Å². The van der Waals surface area contributed by atoms with Gasteiger partial charge in [0.15, 0.2) is 0 Å². The predicted octanol–water partition coefficient (Wildman–Crippen LogP) is 4.45. The first-order chi connectivity index (χ1) is 17.5. The van der Waals surface area contributed by atoms with Crippen molar-refractivity contribution in [1.82, 2.24) is 9.88 Å². The lowest BCUT2D eigenvalue weighted by atomic mass is 9.88. The smallest absolute Gasteiger partial charge is 0.325 e. The molecule has 0 radical (unpaired) electrons. The largest absolute Gasteiger partial charge is 0.480 e. The van der Waals surface area contributed by atoms with Gasteiger partial charge in [0, 0.05) is 31.9 Å². The van der Waals surface area contributed by atoms with Gasteiger partial charge in [0.25, 0.3) is 0 Å². The first-order valence-electron chi connectivity index (χ1n) is 13.5. The second-order valence-electron chi connectivity index (χ2n) is 10.6. The molecule has 1 aromatic heterocycles. The number of nitrogens with one attached hydrogen (secondary N) is 1. The number of aliphatic carboxylic acids is 1. The summed E-state index contributed by atoms with van der Waals surface area (Å²) in [6, 6.07) is 7.93. The second-order valence-corrected chi connectivity index (χ2v) is 10.6. The molecule has 1 aromatic carbocycles. The molecule has 3 aliphatic heterocycles. The highest BCUT2D eigenvalue weighted by atomic mass is 16.5. The van der Waals surface area contributed by atoms with Gasteiger partial charge >= 0.3 is 5.97 Å². The Labute approximate surface area is 214 Å². The maximum atomic E-state index is 12.5. The van der Waals surface area contributed by atoms with Crippen molar-refractivity contribution in [2.75, 3.05) is 31.6 Å². The summed E-state index contributed by atoms with van der Waals surface area (Å²) in [5.74, 6) is 0.278. The number of aromatic nitrogens is 1. The first kappa shape index (κ1) is 25.2. The topological polar surface area (TPSA) is 83.9 Å². The van der Waals surface area contributed by atoms with Crippen molar-refractivity contribution in [3.8, 4) is 0 Å². The molecule has 2 N–H and O–H groups in total. The molecule has 7 heteroatoms. The number of carbonyl (C=O) groups is 1. The molecule has 1 unspecified atom stereocenters. The molecule has 3 aliphatic rings. The zero-order valence-corrected chi connectivity index (χ0v) is 21.6. The molecule has 0 spiro atoms. The molecule has 2 aromatic rings. The lowest BCUT2D eigenvalue weighted by Gasteiger charge is -2.31. The first-order valence-corrected chi connectivity index (χ1v) is 13.5. The van der Waals surface area contributed by atoms with Crippen molar-refractivity contribution in [2.45, 2.75) is 83.6 Å². The van der Waals surface area contributed by atoms with Crippen LogP contribution in [-0.4, -0.2) is 59.4 Å². The molecule has 194 valence electrons. The molecule has 36 heavy (non-hydrogen) atoms. The molecule has 1 saturated heterocycles. The predicted molar refractivity (Wildman–Crippen MR) is 139 cm³/mol. The summed E-state index contributed by atoms with van der Waals surface area (Å²) in [5.41, 5.74) is 6.77. The molecule has 7 nitrogen and oxygen atoms in total. The van der Waals surface area contributed by atoms with Gasteiger partial charge in [0.1, 0.15) is 11.9 Å². The number of rotatable bonds is 9. The number of aryl methyl sites for hydroxylation is 3. The van der Waals surface area contributed by atoms with E-state index in [9.17, 15) is 9.90 Å². The van der Waals surface area contributed by atoms with Gasteiger partial charge in [0.05, 0.1) is 18.8 Å². The highest BCUT2D eigenvalue weighted by Gasteiger charge is 2.36. The lowest BCUT2D eigenvalue weighted by Crippen LogP contribution is -2.35. The standard InChI is InChI=1S/C29H39N3O4/c1-19-14-22-18-36-20(2)16-25(22)26(15-19)27(29(33)34)32-12-10-24(17-32)35-13-4-3-7-23-9-8-21-6-5-11-30-28(21)31-23/h8-9,14-15,20,24,27H,3-7,10-13,16-18H2,1-2H3,(H,30,31)(H,33,34)/t20?,24-,27+/m1/s1. The van der Waals surface area contributed by atoms with Crippen LogP contribution in [0.25, 0.3) is 0 Å². The van der Waals surface area contributed by atoms with E-state index in [1.807, 2.05) is 6.92 Å². The Morgan fingerprint density at radius 3 is 3.06 bits per heavy atom. The van der Waals surface area contributed by atoms with Gasteiger partial charge in [-0.15, -0.1) is 0 Å². The maximum Gasteiger partial charge on any atom is 0.325 e. The molecular weight excluding hydrogens is 454 g/mol. The van der Waals surface area contributed by atoms with E-state index in [0.717, 1.165) is 85.4 Å². The van der Waals surface area contributed by atoms with E-state index in [1.165, 1.54) is 12.0 Å². The minimum atomic E-state index is -0.783. The Kier molecular flexibility index (Phi) is 7.89. The van der Waals surface area contributed by atoms with Crippen LogP contribution in [0.4, 0.5) is 5.82 Å². The van der Waals surface area contributed by atoms with E-state index in [4.69, 9.17) is 14.5 Å². The zero-order chi connectivity index (χ0) is 25.1. The van der Waals surface area contributed by atoms with Crippen LogP contribution < -0.4 is 5.32 Å². The fourth-order valence-corrected chi connectivity index (χ4v) is 5.90. The van der Waals surface area contributed by atoms with Crippen LogP contribution in [-0.2, 0) is 40.1 Å². The molecule has 5 rings (SSSR count). The molecule has 0 aliphatic carbocycles. The van der Waals surface area contributed by atoms with Crippen LogP contribution in [0, 0.1) is 6.92 Å². The molecule has 1 fully saturated rings. The number of carboxylic acid groups (broad SMARTS) is 1. The third-order valence-corrected chi connectivity index (χ3v) is 7.74. The minimum Gasteiger partial charge on any atom is -0.480 e. The highest BCUT2D eigenvalue weighted by molar-refractivity contribution is 5.76. The summed E-state index contributed by atoms with van der Waals surface area (Å²) in [4.78, 5) is 19.3. The Morgan fingerprint density at radius 1 is 1.31 bits per heavy atom. The Hall–Kier alpha value is -2.48. The number of ether oxygens (including phenoxy) is 2. The number of fused-ring (bicyclic) bond motifs is 2. The van der Waals surface area contributed by atoms with E-state index < -0.39 is 12.0 Å². The Bertz CT molecular complexity index is 1090. The number of nitrogens with zero attached hydrogens (tertiary/aromatic N) is 2. The van der Waals surface area contributed by atoms with Crippen molar-refractivity contribution in [3.05, 3.63) is 57.8 Å². The number of unbranched alkanes of at least 4 members (excludes halogenated alkanes) is 1. The van der Waals surface area contributed by atoms with E-state index in [2.05, 4.69) is 41.4 Å². The number of anilines is 1. The summed E-state index contributed by atoms with van der Waals surface area (Å²) in [6.07, 6.45) is 7.09. The van der Waals surface area contributed by atoms with Crippen LogP contribution in [0.3, 0.4) is 0 Å². The molecule has 0 bridgehead atoms. The van der Waals surface area contributed by atoms with Crippen LogP contribution >= 0.6 is 0 Å². The van der Waals surface area contributed by atoms with Gasteiger partial charge in [-0.1, -0.05) is 23.8 Å². The lowest BCUT2D eigenvalue weighted by molar-refractivity contribution is -0.143. The number of likely N-dealkylation sites (tertiary alicyclic amines) is 1. The Balaban J connectivity index is 1.13. The summed E-state index contributed by atoms with van der Waals surface area (Å²) >= 11 is 0. The summed E-state index contributed by atoms with van der Waals surface area (Å²) in [5, 5.41) is 13.6. The van der Waals surface area contributed by atoms with Crippen molar-refractivity contribution in [2.24, 2.45) is 0 Å². The van der Waals surface area contributed by atoms with Crippen molar-refractivity contribution in [3.63, 3.8) is 0 Å². The monoisotopic (exact) mass is 493 g/mol. The third-order valence-electron chi connectivity index (χ3n) is 7.74. The number of benzene rings is 1. The highest BCUT2D eigenvalue weighted by Crippen LogP contribution is 2.34. The van der Waals surface area contributed by atoms with Crippen molar-refractivity contribution >= 4 is 11.8 Å². The van der Waals surface area contributed by atoms with Crippen LogP contribution in [0.1, 0.15) is 72.2 Å². The number of hydrogen-bond donors (Lipinski definition) is 2. The fraction of sp³-hybridized carbons (Fsp3) is 0.586. The summed E-state index contributed by atoms with van der Waals surface area (Å²) in [7, 11) is 0. The Morgan fingerprint density at radius 2 is 2.19 bits per heavy atom. The molecule has 0 amide bonds. The fourth-order valence-electron chi connectivity index (χ4n) is 5.90. The minimum absolute atomic E-state index is 0.0841. The van der Waals surface area contributed by atoms with Crippen molar-refractivity contribution < 1.29 is 19.4 Å². The second kappa shape index (κ2) is 11.3. The number of hydrogen-bond acceptors (Lipinski definition) is 6. The van der Waals surface area contributed by atoms with E-state index >= 15 is 0 Å². The summed E-state index contributed by atoms with van der Waals surface area (Å²) in [6.45, 7) is 7.76. The van der Waals surface area contributed by atoms with Gasteiger partial charge < -0.3 is 19.9 Å². The van der Waals surface area contributed by atoms with Crippen LogP contribution in [0.15, 0.2) is 24.3 Å². The summed E-state index contributed by atoms with van der Waals surface area (Å²) < 4.78 is 12.0. The molecule has 0 saturated carbocycles. The maximum absolute atomic E-state index is 12.5. The van der Waals surface area contributed by atoms with Crippen LogP contribution in [0.5, 0.6) is 0 Å². The van der Waals surface area contributed by atoms with Crippen molar-refractivity contribution in [1.29, 1.82) is 0 Å². The van der Waals surface area contributed by atoms with E-state index in [0.29, 0.717) is 19.8 Å². The average Bonchev–Trinajstić information content (AvgIpc) is 3.32. The van der Waals surface area contributed by atoms with Crippen LogP contribution in [0.2, 0.25) is 0 Å². The number of carboxylic acids is 1. The quantitative estimate of drug-likeness (QED) is 0.500. The zero-order valence-electron chi connectivity index (χ0n) is 21.6. The van der Waals surface area contributed by atoms with Gasteiger partial charge in [-0.3, -0.25) is 9.69 Å². The molecule has 4 heterocycles. The molecular formula is C29H39N3O4.